The van der Waals surface area contributed by atoms with Crippen molar-refractivity contribution in [2.45, 2.75) is 15.5 Å². The number of aliphatic carboxylic acids is 1. The molecule has 0 unspecified atom stereocenters. The Kier molecular flexibility index (Phi) is 3.01. The van der Waals surface area contributed by atoms with Gasteiger partial charge in [-0.2, -0.15) is 0 Å². The number of thioether (sulfide) groups is 1. The van der Waals surface area contributed by atoms with E-state index in [0.29, 0.717) is 0 Å². The molecule has 0 saturated carbocycles. The zero-order valence-electron chi connectivity index (χ0n) is 9.55. The third kappa shape index (κ3) is 2.23. The topological polar surface area (TPSA) is 62.2 Å². The number of nitrogens with one attached hydrogen (secondary N) is 1. The van der Waals surface area contributed by atoms with Crippen LogP contribution in [0.4, 0.5) is 0 Å². The summed E-state index contributed by atoms with van der Waals surface area (Å²) in [6, 6.07) is 7.99. The monoisotopic (exact) mass is 280 g/mol. The third-order valence-electron chi connectivity index (χ3n) is 2.95. The van der Waals surface area contributed by atoms with Crippen molar-refractivity contribution in [3.63, 3.8) is 0 Å². The molecule has 1 aromatic heterocycles. The molecule has 1 aliphatic heterocycles. The Morgan fingerprint density at radius 2 is 2.28 bits per heavy atom. The minimum absolute atomic E-state index is 0.181. The Bertz CT molecular complexity index is 560. The van der Waals surface area contributed by atoms with Gasteiger partial charge in [0.2, 0.25) is 0 Å². The van der Waals surface area contributed by atoms with Gasteiger partial charge in [0.25, 0.3) is 0 Å². The molecule has 0 aliphatic carbocycles. The molecule has 4 nitrogen and oxygen atoms in total. The summed E-state index contributed by atoms with van der Waals surface area (Å²) in [5, 5.41) is 12.1. The number of carbonyl (C=O) groups is 1. The van der Waals surface area contributed by atoms with E-state index in [1.165, 1.54) is 0 Å². The van der Waals surface area contributed by atoms with E-state index in [-0.39, 0.29) is 11.2 Å². The number of carboxylic acids is 1. The fourth-order valence-electron chi connectivity index (χ4n) is 1.99. The lowest BCUT2D eigenvalue weighted by molar-refractivity contribution is -0.138. The molecule has 2 heterocycles. The van der Waals surface area contributed by atoms with Gasteiger partial charge in [-0.25, -0.2) is 4.98 Å². The SMILES string of the molecule is O=C(O)CC1(Sc2nc3ccccc3s2)CNC1. The Morgan fingerprint density at radius 3 is 2.89 bits per heavy atom. The molecule has 1 fully saturated rings. The average molecular weight is 280 g/mol. The first kappa shape index (κ1) is 12.0. The van der Waals surface area contributed by atoms with Gasteiger partial charge in [-0.1, -0.05) is 23.9 Å². The molecule has 18 heavy (non-hydrogen) atoms. The van der Waals surface area contributed by atoms with E-state index >= 15 is 0 Å². The summed E-state index contributed by atoms with van der Waals surface area (Å²) in [5.41, 5.74) is 0.989. The molecular formula is C12H12N2O2S2. The first-order chi connectivity index (χ1) is 8.67. The lowest BCUT2D eigenvalue weighted by Gasteiger charge is -2.40. The molecule has 3 rings (SSSR count). The largest absolute Gasteiger partial charge is 0.481 e. The normalized spacial score (nSPS) is 17.6. The maximum atomic E-state index is 10.9. The number of hydrogen-bond donors (Lipinski definition) is 2. The number of thiazole rings is 1. The van der Waals surface area contributed by atoms with E-state index < -0.39 is 5.97 Å². The van der Waals surface area contributed by atoms with Crippen LogP contribution in [-0.2, 0) is 4.79 Å². The van der Waals surface area contributed by atoms with Crippen molar-refractivity contribution in [3.05, 3.63) is 24.3 Å². The third-order valence-corrected chi connectivity index (χ3v) is 5.41. The molecule has 0 atom stereocenters. The molecule has 1 aliphatic rings. The van der Waals surface area contributed by atoms with Crippen LogP contribution >= 0.6 is 23.1 Å². The van der Waals surface area contributed by atoms with Gasteiger partial charge >= 0.3 is 5.97 Å². The average Bonchev–Trinajstić information content (AvgIpc) is 2.67. The van der Waals surface area contributed by atoms with Crippen molar-refractivity contribution in [1.82, 2.24) is 10.3 Å². The van der Waals surface area contributed by atoms with E-state index in [4.69, 9.17) is 5.11 Å². The zero-order chi connectivity index (χ0) is 12.6. The highest BCUT2D eigenvalue weighted by atomic mass is 32.2. The summed E-state index contributed by atoms with van der Waals surface area (Å²) in [5.74, 6) is -0.745. The molecule has 0 amide bonds. The Morgan fingerprint density at radius 1 is 1.50 bits per heavy atom. The Labute approximate surface area is 112 Å². The van der Waals surface area contributed by atoms with Crippen molar-refractivity contribution < 1.29 is 9.90 Å². The van der Waals surface area contributed by atoms with E-state index in [1.807, 2.05) is 24.3 Å². The highest BCUT2D eigenvalue weighted by Crippen LogP contribution is 2.41. The van der Waals surface area contributed by atoms with Gasteiger partial charge in [0.1, 0.15) is 0 Å². The van der Waals surface area contributed by atoms with Gasteiger partial charge in [-0.3, -0.25) is 4.79 Å². The second kappa shape index (κ2) is 4.53. The Balaban J connectivity index is 1.84. The van der Waals surface area contributed by atoms with Crippen LogP contribution in [0.2, 0.25) is 0 Å². The van der Waals surface area contributed by atoms with E-state index in [1.54, 1.807) is 23.1 Å². The first-order valence-electron chi connectivity index (χ1n) is 5.64. The summed E-state index contributed by atoms with van der Waals surface area (Å²) in [6.07, 6.45) is 0.181. The number of rotatable bonds is 4. The van der Waals surface area contributed by atoms with Crippen LogP contribution in [0.25, 0.3) is 10.2 Å². The predicted octanol–water partition coefficient (Wildman–Crippen LogP) is 2.21. The summed E-state index contributed by atoms with van der Waals surface area (Å²) in [4.78, 5) is 15.5. The molecule has 0 radical (unpaired) electrons. The van der Waals surface area contributed by atoms with Crippen molar-refractivity contribution in [2.75, 3.05) is 13.1 Å². The molecule has 6 heteroatoms. The number of fused-ring (bicyclic) bond motifs is 1. The van der Waals surface area contributed by atoms with Gasteiger partial charge in [0.05, 0.1) is 21.4 Å². The minimum atomic E-state index is -0.745. The number of benzene rings is 1. The van der Waals surface area contributed by atoms with E-state index in [0.717, 1.165) is 27.6 Å². The predicted molar refractivity (Wildman–Crippen MR) is 73.3 cm³/mol. The lowest BCUT2D eigenvalue weighted by atomic mass is 9.98. The zero-order valence-corrected chi connectivity index (χ0v) is 11.2. The lowest BCUT2D eigenvalue weighted by Crippen LogP contribution is -2.57. The summed E-state index contributed by atoms with van der Waals surface area (Å²) in [7, 11) is 0. The molecule has 0 spiro atoms. The van der Waals surface area contributed by atoms with Crippen molar-refractivity contribution in [3.8, 4) is 0 Å². The fourth-order valence-corrected chi connectivity index (χ4v) is 4.71. The number of nitrogens with zero attached hydrogens (tertiary/aromatic N) is 1. The Hall–Kier alpha value is -1.11. The smallest absolute Gasteiger partial charge is 0.304 e. The van der Waals surface area contributed by atoms with E-state index in [2.05, 4.69) is 10.3 Å². The number of carboxylic acid groups (broad SMARTS) is 1. The molecule has 1 saturated heterocycles. The standard InChI is InChI=1S/C12H12N2O2S2/c15-10(16)5-12(6-13-7-12)18-11-14-8-3-1-2-4-9(8)17-11/h1-4,13H,5-7H2,(H,15,16). The quantitative estimate of drug-likeness (QED) is 0.899. The van der Waals surface area contributed by atoms with Crippen molar-refractivity contribution in [2.24, 2.45) is 0 Å². The minimum Gasteiger partial charge on any atom is -0.481 e. The van der Waals surface area contributed by atoms with Gasteiger partial charge in [-0.05, 0) is 12.1 Å². The number of aromatic nitrogens is 1. The second-order valence-corrected chi connectivity index (χ2v) is 7.15. The van der Waals surface area contributed by atoms with Gasteiger partial charge < -0.3 is 10.4 Å². The van der Waals surface area contributed by atoms with Crippen molar-refractivity contribution >= 4 is 39.3 Å². The molecule has 0 bridgehead atoms. The van der Waals surface area contributed by atoms with Crippen LogP contribution in [0.5, 0.6) is 0 Å². The number of para-hydroxylation sites is 1. The summed E-state index contributed by atoms with van der Waals surface area (Å²) < 4.78 is 1.89. The summed E-state index contributed by atoms with van der Waals surface area (Å²) >= 11 is 3.23. The molecule has 94 valence electrons. The molecule has 2 aromatic rings. The highest BCUT2D eigenvalue weighted by molar-refractivity contribution is 8.02. The van der Waals surface area contributed by atoms with Crippen LogP contribution < -0.4 is 5.32 Å². The first-order valence-corrected chi connectivity index (χ1v) is 7.27. The van der Waals surface area contributed by atoms with Crippen LogP contribution in [-0.4, -0.2) is 33.9 Å². The molecule has 2 N–H and O–H groups in total. The molecule has 1 aromatic carbocycles. The van der Waals surface area contributed by atoms with Crippen molar-refractivity contribution in [1.29, 1.82) is 0 Å². The summed E-state index contributed by atoms with van der Waals surface area (Å²) in [6.45, 7) is 1.47. The van der Waals surface area contributed by atoms with Crippen LogP contribution in [0.1, 0.15) is 6.42 Å². The fraction of sp³-hybridized carbons (Fsp3) is 0.333. The maximum Gasteiger partial charge on any atom is 0.304 e. The van der Waals surface area contributed by atoms with Crippen LogP contribution in [0.3, 0.4) is 0 Å². The van der Waals surface area contributed by atoms with E-state index in [9.17, 15) is 4.79 Å². The highest BCUT2D eigenvalue weighted by Gasteiger charge is 2.41. The van der Waals surface area contributed by atoms with Gasteiger partial charge in [0, 0.05) is 13.1 Å². The van der Waals surface area contributed by atoms with Crippen LogP contribution in [0.15, 0.2) is 28.6 Å². The second-order valence-electron chi connectivity index (χ2n) is 4.41. The maximum absolute atomic E-state index is 10.9. The number of hydrogen-bond acceptors (Lipinski definition) is 5. The van der Waals surface area contributed by atoms with Gasteiger partial charge in [0.15, 0.2) is 4.34 Å². The molecular weight excluding hydrogens is 268 g/mol. The van der Waals surface area contributed by atoms with Gasteiger partial charge in [-0.15, -0.1) is 11.3 Å². The van der Waals surface area contributed by atoms with Crippen LogP contribution in [0, 0.1) is 0 Å².